The molecule has 96 valence electrons. The van der Waals surface area contributed by atoms with Crippen molar-refractivity contribution in [1.82, 2.24) is 0 Å². The predicted octanol–water partition coefficient (Wildman–Crippen LogP) is 2.79. The Morgan fingerprint density at radius 2 is 1.53 bits per heavy atom. The van der Waals surface area contributed by atoms with Gasteiger partial charge in [0.1, 0.15) is 5.84 Å². The van der Waals surface area contributed by atoms with E-state index in [0.29, 0.717) is 17.5 Å². The van der Waals surface area contributed by atoms with Crippen LogP contribution in [-0.4, -0.2) is 11.6 Å². The van der Waals surface area contributed by atoms with Crippen LogP contribution in [0, 0.1) is 5.41 Å². The molecular weight excluding hydrogens is 236 g/mol. The molecule has 3 nitrogen and oxygen atoms in total. The summed E-state index contributed by atoms with van der Waals surface area (Å²) in [6.45, 7) is 0. The minimum absolute atomic E-state index is 0.0169. The van der Waals surface area contributed by atoms with Gasteiger partial charge in [0.2, 0.25) is 0 Å². The highest BCUT2D eigenvalue weighted by molar-refractivity contribution is 5.99. The van der Waals surface area contributed by atoms with Crippen molar-refractivity contribution in [3.8, 4) is 0 Å². The van der Waals surface area contributed by atoms with E-state index in [9.17, 15) is 4.79 Å². The molecule has 0 atom stereocenters. The molecule has 0 heterocycles. The largest absolute Gasteiger partial charge is 0.384 e. The summed E-state index contributed by atoms with van der Waals surface area (Å²) in [5.41, 5.74) is 7.84. The molecule has 0 saturated heterocycles. The van der Waals surface area contributed by atoms with Gasteiger partial charge >= 0.3 is 0 Å². The number of amidine groups is 1. The minimum Gasteiger partial charge on any atom is -0.384 e. The van der Waals surface area contributed by atoms with Crippen LogP contribution in [0.3, 0.4) is 0 Å². The average molecular weight is 252 g/mol. The number of Topliss-reactive ketones (excluding diaryl/α,β-unsaturated/α-hetero) is 1. The Morgan fingerprint density at radius 3 is 2.11 bits per heavy atom. The third kappa shape index (κ3) is 3.52. The fraction of sp³-hybridized carbons (Fsp3) is 0.125. The van der Waals surface area contributed by atoms with Crippen LogP contribution in [0.5, 0.6) is 0 Å². The van der Waals surface area contributed by atoms with Gasteiger partial charge in [-0.05, 0) is 12.0 Å². The number of carbonyl (C=O) groups excluding carboxylic acids is 1. The van der Waals surface area contributed by atoms with Crippen molar-refractivity contribution in [2.75, 3.05) is 0 Å². The molecule has 0 spiro atoms. The molecule has 0 unspecified atom stereocenters. The third-order valence-corrected chi connectivity index (χ3v) is 3.00. The van der Waals surface area contributed by atoms with Crippen molar-refractivity contribution in [3.05, 3.63) is 71.3 Å². The second-order valence-electron chi connectivity index (χ2n) is 4.40. The maximum atomic E-state index is 12.0. The summed E-state index contributed by atoms with van der Waals surface area (Å²) < 4.78 is 0. The Hall–Kier alpha value is -2.42. The average Bonchev–Trinajstić information content (AvgIpc) is 2.46. The molecular formula is C16H16N2O. The van der Waals surface area contributed by atoms with E-state index in [4.69, 9.17) is 11.1 Å². The monoisotopic (exact) mass is 252 g/mol. The van der Waals surface area contributed by atoms with Gasteiger partial charge in [0.15, 0.2) is 5.78 Å². The van der Waals surface area contributed by atoms with Gasteiger partial charge in [-0.3, -0.25) is 10.2 Å². The Bertz CT molecular complexity index is 573. The zero-order chi connectivity index (χ0) is 13.7. The zero-order valence-electron chi connectivity index (χ0n) is 10.6. The summed E-state index contributed by atoms with van der Waals surface area (Å²) in [6, 6.07) is 16.8. The molecule has 0 radical (unpaired) electrons. The van der Waals surface area contributed by atoms with Gasteiger partial charge in [-0.15, -0.1) is 0 Å². The van der Waals surface area contributed by atoms with Gasteiger partial charge < -0.3 is 5.73 Å². The van der Waals surface area contributed by atoms with Crippen LogP contribution in [0.15, 0.2) is 54.6 Å². The Balaban J connectivity index is 1.98. The smallest absolute Gasteiger partial charge is 0.163 e. The van der Waals surface area contributed by atoms with Crippen LogP contribution in [0.2, 0.25) is 0 Å². The lowest BCUT2D eigenvalue weighted by atomic mass is 10.0. The lowest BCUT2D eigenvalue weighted by molar-refractivity contribution is 0.0983. The van der Waals surface area contributed by atoms with E-state index in [1.165, 1.54) is 0 Å². The summed E-state index contributed by atoms with van der Waals surface area (Å²) in [5, 5.41) is 7.30. The SMILES string of the molecule is N=C(N)c1ccc(C(=O)CCc2ccccc2)cc1. The fourth-order valence-corrected chi connectivity index (χ4v) is 1.88. The molecule has 2 aromatic rings. The lowest BCUT2D eigenvalue weighted by Crippen LogP contribution is -2.11. The number of nitrogens with two attached hydrogens (primary N) is 1. The molecule has 0 aromatic heterocycles. The predicted molar refractivity (Wildman–Crippen MR) is 76.6 cm³/mol. The van der Waals surface area contributed by atoms with Crippen molar-refractivity contribution in [3.63, 3.8) is 0 Å². The van der Waals surface area contributed by atoms with E-state index in [1.54, 1.807) is 24.3 Å². The Morgan fingerprint density at radius 1 is 0.947 bits per heavy atom. The molecule has 0 bridgehead atoms. The number of ketones is 1. The summed E-state index contributed by atoms with van der Waals surface area (Å²) in [5.74, 6) is 0.127. The quantitative estimate of drug-likeness (QED) is 0.488. The van der Waals surface area contributed by atoms with Gasteiger partial charge in [-0.25, -0.2) is 0 Å². The van der Waals surface area contributed by atoms with Crippen molar-refractivity contribution in [1.29, 1.82) is 5.41 Å². The number of aryl methyl sites for hydroxylation is 1. The number of nitrogen functional groups attached to an aromatic ring is 1. The second kappa shape index (κ2) is 5.96. The summed E-state index contributed by atoms with van der Waals surface area (Å²) in [4.78, 5) is 12.0. The second-order valence-corrected chi connectivity index (χ2v) is 4.40. The number of hydrogen-bond acceptors (Lipinski definition) is 2. The number of benzene rings is 2. The number of hydrogen-bond donors (Lipinski definition) is 2. The van der Waals surface area contributed by atoms with E-state index in [2.05, 4.69) is 0 Å². The van der Waals surface area contributed by atoms with Gasteiger partial charge in [-0.2, -0.15) is 0 Å². The first-order valence-corrected chi connectivity index (χ1v) is 6.18. The van der Waals surface area contributed by atoms with E-state index in [-0.39, 0.29) is 11.6 Å². The van der Waals surface area contributed by atoms with Crippen molar-refractivity contribution < 1.29 is 4.79 Å². The first-order chi connectivity index (χ1) is 9.16. The van der Waals surface area contributed by atoms with Crippen molar-refractivity contribution >= 4 is 11.6 Å². The molecule has 0 aliphatic rings. The number of nitrogens with one attached hydrogen (secondary N) is 1. The van der Waals surface area contributed by atoms with Gasteiger partial charge in [0.25, 0.3) is 0 Å². The van der Waals surface area contributed by atoms with Gasteiger partial charge in [-0.1, -0.05) is 54.6 Å². The summed E-state index contributed by atoms with van der Waals surface area (Å²) in [6.07, 6.45) is 1.23. The molecule has 0 saturated carbocycles. The fourth-order valence-electron chi connectivity index (χ4n) is 1.88. The van der Waals surface area contributed by atoms with Crippen LogP contribution < -0.4 is 5.73 Å². The molecule has 2 aromatic carbocycles. The van der Waals surface area contributed by atoms with Crippen LogP contribution in [0.25, 0.3) is 0 Å². The Labute approximate surface area is 112 Å². The highest BCUT2D eigenvalue weighted by Gasteiger charge is 2.06. The number of rotatable bonds is 5. The maximum absolute atomic E-state index is 12.0. The highest BCUT2D eigenvalue weighted by atomic mass is 16.1. The normalized spacial score (nSPS) is 10.1. The number of carbonyl (C=O) groups is 1. The van der Waals surface area contributed by atoms with E-state index in [0.717, 1.165) is 12.0 Å². The molecule has 19 heavy (non-hydrogen) atoms. The Kier molecular flexibility index (Phi) is 4.08. The molecule has 3 heteroatoms. The molecule has 2 rings (SSSR count). The lowest BCUT2D eigenvalue weighted by Gasteiger charge is -2.03. The van der Waals surface area contributed by atoms with Crippen LogP contribution in [0.4, 0.5) is 0 Å². The molecule has 3 N–H and O–H groups in total. The van der Waals surface area contributed by atoms with E-state index < -0.39 is 0 Å². The maximum Gasteiger partial charge on any atom is 0.163 e. The third-order valence-electron chi connectivity index (χ3n) is 3.00. The van der Waals surface area contributed by atoms with Crippen molar-refractivity contribution in [2.24, 2.45) is 5.73 Å². The van der Waals surface area contributed by atoms with Crippen LogP contribution in [-0.2, 0) is 6.42 Å². The van der Waals surface area contributed by atoms with Crippen LogP contribution in [0.1, 0.15) is 27.9 Å². The molecule has 0 fully saturated rings. The summed E-state index contributed by atoms with van der Waals surface area (Å²) >= 11 is 0. The van der Waals surface area contributed by atoms with Gasteiger partial charge in [0, 0.05) is 17.5 Å². The minimum atomic E-state index is 0.0169. The van der Waals surface area contributed by atoms with Crippen LogP contribution >= 0.6 is 0 Å². The van der Waals surface area contributed by atoms with E-state index >= 15 is 0 Å². The first-order valence-electron chi connectivity index (χ1n) is 6.18. The summed E-state index contributed by atoms with van der Waals surface area (Å²) in [7, 11) is 0. The van der Waals surface area contributed by atoms with Crippen molar-refractivity contribution in [2.45, 2.75) is 12.8 Å². The molecule has 0 aliphatic carbocycles. The van der Waals surface area contributed by atoms with E-state index in [1.807, 2.05) is 30.3 Å². The molecule has 0 aliphatic heterocycles. The standard InChI is InChI=1S/C16H16N2O/c17-16(18)14-9-7-13(8-10-14)15(19)11-6-12-4-2-1-3-5-12/h1-5,7-10H,6,11H2,(H3,17,18). The highest BCUT2D eigenvalue weighted by Crippen LogP contribution is 2.10. The molecule has 0 amide bonds. The van der Waals surface area contributed by atoms with Gasteiger partial charge in [0.05, 0.1) is 0 Å². The zero-order valence-corrected chi connectivity index (χ0v) is 10.6. The topological polar surface area (TPSA) is 66.9 Å². The first kappa shape index (κ1) is 13.0.